The minimum absolute atomic E-state index is 0.0324. The number of aliphatic imine (C=N–C) groups is 1. The van der Waals surface area contributed by atoms with Crippen LogP contribution in [0.2, 0.25) is 20.1 Å². The summed E-state index contributed by atoms with van der Waals surface area (Å²) in [6.45, 7) is 5.92. The normalized spacial score (nSPS) is 17.8. The van der Waals surface area contributed by atoms with Crippen LogP contribution < -0.4 is 4.74 Å². The van der Waals surface area contributed by atoms with Gasteiger partial charge in [0, 0.05) is 50.2 Å². The van der Waals surface area contributed by atoms with Crippen molar-refractivity contribution in [3.8, 4) is 11.5 Å². The molecule has 0 aromatic heterocycles. The lowest BCUT2D eigenvalue weighted by atomic mass is 10.0. The summed E-state index contributed by atoms with van der Waals surface area (Å²) in [5.41, 5.74) is 3.02. The first kappa shape index (κ1) is 29.9. The van der Waals surface area contributed by atoms with E-state index in [9.17, 15) is 5.11 Å². The van der Waals surface area contributed by atoms with Crippen LogP contribution in [0.4, 0.5) is 5.69 Å². The second-order valence-corrected chi connectivity index (χ2v) is 11.7. The number of aromatic hydroxyl groups is 1. The molecule has 1 heterocycles. The highest BCUT2D eigenvalue weighted by molar-refractivity contribution is 6.42. The van der Waals surface area contributed by atoms with Crippen LogP contribution in [0.5, 0.6) is 11.5 Å². The van der Waals surface area contributed by atoms with Gasteiger partial charge in [-0.25, -0.2) is 0 Å². The number of phenolic OH excluding ortho intramolecular Hbond substituents is 1. The lowest BCUT2D eigenvalue weighted by Gasteiger charge is -2.33. The monoisotopic (exact) mass is 609 g/mol. The molecule has 0 spiro atoms. The molecule has 5 rings (SSSR count). The third-order valence-corrected chi connectivity index (χ3v) is 8.36. The predicted octanol–water partition coefficient (Wildman–Crippen LogP) is 9.26. The lowest BCUT2D eigenvalue weighted by molar-refractivity contribution is 0.217. The van der Waals surface area contributed by atoms with Crippen molar-refractivity contribution in [3.63, 3.8) is 0 Å². The van der Waals surface area contributed by atoms with Gasteiger partial charge in [0.25, 0.3) is 0 Å². The number of allylic oxidation sites excluding steroid dienone is 1. The standard InChI is InChI=1S/C26H27Cl4N3O2.C4H8/c1-17(31-24-14-21(28)20(27)13-19(24)18-3-4-18)5-7-33-10-8-32(9-11-33)6-2-12-35-26-16-23(30)22(29)15-25(26)34;1-2-4-3-1/h2,5-7,13-16,18,34H,3-4,8-12H2,1H3;1-4H2/b6-2+,7-5+,31-17?;. The van der Waals surface area contributed by atoms with Crippen LogP contribution in [0.15, 0.2) is 53.8 Å². The summed E-state index contributed by atoms with van der Waals surface area (Å²) >= 11 is 24.3. The summed E-state index contributed by atoms with van der Waals surface area (Å²) in [4.78, 5) is 9.32. The van der Waals surface area contributed by atoms with Crippen molar-refractivity contribution < 1.29 is 9.84 Å². The predicted molar refractivity (Wildman–Crippen MR) is 165 cm³/mol. The molecule has 1 saturated heterocycles. The van der Waals surface area contributed by atoms with Crippen molar-refractivity contribution in [1.82, 2.24) is 9.80 Å². The average molecular weight is 611 g/mol. The maximum atomic E-state index is 9.89. The van der Waals surface area contributed by atoms with Gasteiger partial charge < -0.3 is 19.6 Å². The fourth-order valence-corrected chi connectivity index (χ4v) is 4.70. The van der Waals surface area contributed by atoms with E-state index >= 15 is 0 Å². The first-order chi connectivity index (χ1) is 18.8. The van der Waals surface area contributed by atoms with E-state index in [1.165, 1.54) is 56.2 Å². The number of hydrogen-bond donors (Lipinski definition) is 1. The Bertz CT molecular complexity index is 1210. The van der Waals surface area contributed by atoms with Crippen molar-refractivity contribution in [3.05, 3.63) is 74.5 Å². The largest absolute Gasteiger partial charge is 0.504 e. The smallest absolute Gasteiger partial charge is 0.162 e. The van der Waals surface area contributed by atoms with Crippen LogP contribution >= 0.6 is 46.4 Å². The van der Waals surface area contributed by atoms with Gasteiger partial charge in [0.1, 0.15) is 6.61 Å². The minimum atomic E-state index is -0.0324. The van der Waals surface area contributed by atoms with Gasteiger partial charge in [-0.3, -0.25) is 4.99 Å². The highest BCUT2D eigenvalue weighted by Gasteiger charge is 2.27. The number of phenols is 1. The van der Waals surface area contributed by atoms with Gasteiger partial charge in [0.2, 0.25) is 0 Å². The maximum absolute atomic E-state index is 9.89. The van der Waals surface area contributed by atoms with Crippen molar-refractivity contribution in [1.29, 1.82) is 0 Å². The SMILES string of the molecule is C1CCC1.CC(/C=C/N1CCN(/C=C/COc2cc(Cl)c(Cl)cc2O)CC1)=Nc1cc(Cl)c(Cl)cc1C1CC1. The van der Waals surface area contributed by atoms with Crippen LogP contribution in [0.25, 0.3) is 0 Å². The Balaban J connectivity index is 0.000000808. The van der Waals surface area contributed by atoms with Crippen LogP contribution in [-0.4, -0.2) is 53.4 Å². The molecular formula is C30H35Cl4N3O2. The van der Waals surface area contributed by atoms with Crippen molar-refractivity contribution >= 4 is 57.8 Å². The summed E-state index contributed by atoms with van der Waals surface area (Å²) in [7, 11) is 0. The second kappa shape index (κ2) is 14.5. The first-order valence-corrected chi connectivity index (χ1v) is 15.0. The molecule has 210 valence electrons. The number of benzene rings is 2. The minimum Gasteiger partial charge on any atom is -0.504 e. The molecular weight excluding hydrogens is 576 g/mol. The number of hydrogen-bond acceptors (Lipinski definition) is 5. The Kier molecular flexibility index (Phi) is 11.2. The Hall–Kier alpha value is -2.05. The summed E-state index contributed by atoms with van der Waals surface area (Å²) in [5.74, 6) is 0.817. The lowest BCUT2D eigenvalue weighted by Crippen LogP contribution is -2.41. The third-order valence-electron chi connectivity index (χ3n) is 6.91. The number of halogens is 4. The molecule has 0 radical (unpaired) electrons. The molecule has 1 N–H and O–H groups in total. The van der Waals surface area contributed by atoms with Gasteiger partial charge in [-0.05, 0) is 61.7 Å². The molecule has 5 nitrogen and oxygen atoms in total. The van der Waals surface area contributed by atoms with Crippen LogP contribution in [0.1, 0.15) is 56.9 Å². The molecule has 9 heteroatoms. The van der Waals surface area contributed by atoms with Crippen LogP contribution in [0.3, 0.4) is 0 Å². The second-order valence-electron chi connectivity index (χ2n) is 10.1. The molecule has 3 aliphatic rings. The van der Waals surface area contributed by atoms with Gasteiger partial charge in [-0.1, -0.05) is 72.1 Å². The Labute approximate surface area is 251 Å². The molecule has 2 aliphatic carbocycles. The van der Waals surface area contributed by atoms with E-state index in [0.717, 1.165) is 37.6 Å². The molecule has 0 bridgehead atoms. The number of rotatable bonds is 8. The highest BCUT2D eigenvalue weighted by atomic mass is 35.5. The zero-order chi connectivity index (χ0) is 27.8. The van der Waals surface area contributed by atoms with Gasteiger partial charge >= 0.3 is 0 Å². The molecule has 2 saturated carbocycles. The number of piperazine rings is 1. The van der Waals surface area contributed by atoms with Crippen molar-refractivity contribution in [2.45, 2.75) is 51.4 Å². The van der Waals surface area contributed by atoms with E-state index in [1.54, 1.807) is 0 Å². The molecule has 2 aromatic rings. The van der Waals surface area contributed by atoms with Gasteiger partial charge in [0.05, 0.1) is 25.8 Å². The summed E-state index contributed by atoms with van der Waals surface area (Å²) < 4.78 is 5.58. The third kappa shape index (κ3) is 9.24. The molecule has 0 atom stereocenters. The van der Waals surface area contributed by atoms with E-state index in [-0.39, 0.29) is 10.8 Å². The Morgan fingerprint density at radius 1 is 0.872 bits per heavy atom. The Morgan fingerprint density at radius 3 is 2.05 bits per heavy atom. The van der Waals surface area contributed by atoms with E-state index in [4.69, 9.17) is 56.1 Å². The van der Waals surface area contributed by atoms with Crippen molar-refractivity contribution in [2.24, 2.45) is 4.99 Å². The van der Waals surface area contributed by atoms with E-state index in [1.807, 2.05) is 37.4 Å². The number of nitrogens with zero attached hydrogens (tertiary/aromatic N) is 3. The molecule has 2 aromatic carbocycles. The van der Waals surface area contributed by atoms with Crippen LogP contribution in [-0.2, 0) is 0 Å². The molecule has 1 aliphatic heterocycles. The first-order valence-electron chi connectivity index (χ1n) is 13.5. The molecule has 3 fully saturated rings. The van der Waals surface area contributed by atoms with E-state index < -0.39 is 0 Å². The molecule has 39 heavy (non-hydrogen) atoms. The quantitative estimate of drug-likeness (QED) is 0.303. The fourth-order valence-electron chi connectivity index (χ4n) is 4.06. The van der Waals surface area contributed by atoms with Gasteiger partial charge in [0.15, 0.2) is 11.5 Å². The molecule has 0 amide bonds. The molecule has 0 unspecified atom stereocenters. The fraction of sp³-hybridized carbons (Fsp3) is 0.433. The zero-order valence-electron chi connectivity index (χ0n) is 22.2. The average Bonchev–Trinajstić information content (AvgIpc) is 3.71. The van der Waals surface area contributed by atoms with Gasteiger partial charge in [-0.2, -0.15) is 0 Å². The van der Waals surface area contributed by atoms with Gasteiger partial charge in [-0.15, -0.1) is 0 Å². The maximum Gasteiger partial charge on any atom is 0.162 e. The summed E-state index contributed by atoms with van der Waals surface area (Å²) in [6.07, 6.45) is 16.4. The van der Waals surface area contributed by atoms with E-state index in [2.05, 4.69) is 16.0 Å². The zero-order valence-corrected chi connectivity index (χ0v) is 25.2. The van der Waals surface area contributed by atoms with Crippen molar-refractivity contribution in [2.75, 3.05) is 32.8 Å². The van der Waals surface area contributed by atoms with Crippen LogP contribution in [0, 0.1) is 0 Å². The number of ether oxygens (including phenoxy) is 1. The topological polar surface area (TPSA) is 48.3 Å². The van der Waals surface area contributed by atoms with E-state index in [0.29, 0.717) is 33.3 Å². The Morgan fingerprint density at radius 2 is 1.44 bits per heavy atom. The highest BCUT2D eigenvalue weighted by Crippen LogP contribution is 2.46. The summed E-state index contributed by atoms with van der Waals surface area (Å²) in [5, 5.41) is 11.7. The summed E-state index contributed by atoms with van der Waals surface area (Å²) in [6, 6.07) is 6.71.